The fourth-order valence-corrected chi connectivity index (χ4v) is 11.2. The van der Waals surface area contributed by atoms with E-state index in [1.165, 1.54) is 16.7 Å². The molecule has 9 heteroatoms. The highest BCUT2D eigenvalue weighted by molar-refractivity contribution is 9.10. The van der Waals surface area contributed by atoms with Gasteiger partial charge < -0.3 is 9.64 Å². The molecule has 0 aliphatic carbocycles. The first-order valence-corrected chi connectivity index (χ1v) is 18.2. The minimum atomic E-state index is -1.42. The zero-order valence-electron chi connectivity index (χ0n) is 25.2. The van der Waals surface area contributed by atoms with Crippen LogP contribution in [0.5, 0.6) is 0 Å². The lowest BCUT2D eigenvalue weighted by Crippen LogP contribution is -2.35. The van der Waals surface area contributed by atoms with Gasteiger partial charge in [-0.05, 0) is 45.1 Å². The summed E-state index contributed by atoms with van der Waals surface area (Å²) in [4.78, 5) is 11.5. The molecule has 46 heavy (non-hydrogen) atoms. The Morgan fingerprint density at radius 1 is 0.717 bits per heavy atom. The lowest BCUT2D eigenvalue weighted by Gasteiger charge is -2.46. The van der Waals surface area contributed by atoms with Gasteiger partial charge in [-0.3, -0.25) is 0 Å². The molecule has 4 aromatic carbocycles. The van der Waals surface area contributed by atoms with Crippen molar-refractivity contribution in [1.29, 1.82) is 0 Å². The first kappa shape index (κ1) is 32.3. The Bertz CT molecular complexity index is 1610. The van der Waals surface area contributed by atoms with Crippen molar-refractivity contribution in [1.82, 2.24) is 9.97 Å². The molecule has 5 aromatic rings. The predicted molar refractivity (Wildman–Crippen MR) is 183 cm³/mol. The van der Waals surface area contributed by atoms with Gasteiger partial charge in [0.1, 0.15) is 5.82 Å². The molecule has 2 atom stereocenters. The van der Waals surface area contributed by atoms with Crippen LogP contribution in [0.15, 0.2) is 120 Å². The van der Waals surface area contributed by atoms with E-state index in [9.17, 15) is 13.2 Å². The molecule has 0 radical (unpaired) electrons. The highest BCUT2D eigenvalue weighted by atomic mass is 79.9. The molecule has 0 amide bonds. The van der Waals surface area contributed by atoms with Crippen LogP contribution in [-0.2, 0) is 28.6 Å². The number of rotatable bonds is 12. The second kappa shape index (κ2) is 14.8. The summed E-state index contributed by atoms with van der Waals surface area (Å²) >= 11 is 3.45. The third kappa shape index (κ3) is 7.82. The lowest BCUT2D eigenvalue weighted by molar-refractivity contribution is 0.106. The van der Waals surface area contributed by atoms with Gasteiger partial charge in [0.25, 0.3) is 0 Å². The van der Waals surface area contributed by atoms with Crippen LogP contribution in [0.2, 0.25) is 0 Å². The Balaban J connectivity index is 1.36. The van der Waals surface area contributed by atoms with Crippen LogP contribution in [0, 0.1) is 17.5 Å². The number of hydrogen-bond donors (Lipinski definition) is 0. The maximum atomic E-state index is 14.4. The van der Waals surface area contributed by atoms with Gasteiger partial charge >= 0.3 is 0 Å². The summed E-state index contributed by atoms with van der Waals surface area (Å²) in [6.07, 6.45) is 4.30. The molecule has 238 valence electrons. The van der Waals surface area contributed by atoms with E-state index < -0.39 is 27.5 Å². The number of hydrogen-bond acceptors (Lipinski definition) is 4. The lowest BCUT2D eigenvalue weighted by atomic mass is 10.2. The Morgan fingerprint density at radius 2 is 1.22 bits per heavy atom. The second-order valence-electron chi connectivity index (χ2n) is 11.7. The van der Waals surface area contributed by atoms with Crippen molar-refractivity contribution in [3.8, 4) is 0 Å². The molecular formula is C37H35BrF3N3OS. The molecular weight excluding hydrogens is 671 g/mol. The first-order valence-electron chi connectivity index (χ1n) is 15.2. The van der Waals surface area contributed by atoms with Gasteiger partial charge in [-0.15, -0.1) is 0 Å². The highest BCUT2D eigenvalue weighted by Crippen LogP contribution is 2.63. The molecule has 0 N–H and O–H groups in total. The van der Waals surface area contributed by atoms with Gasteiger partial charge in [-0.2, -0.15) is 0 Å². The van der Waals surface area contributed by atoms with E-state index in [2.05, 4.69) is 122 Å². The number of aromatic nitrogens is 2. The third-order valence-electron chi connectivity index (χ3n) is 8.49. The number of ether oxygens (including phenoxy) is 1. The number of halogens is 4. The summed E-state index contributed by atoms with van der Waals surface area (Å²) in [6.45, 7) is 0.818. The van der Waals surface area contributed by atoms with Crippen molar-refractivity contribution >= 4 is 31.9 Å². The molecule has 0 bridgehead atoms. The van der Waals surface area contributed by atoms with Gasteiger partial charge in [0.2, 0.25) is 5.95 Å². The van der Waals surface area contributed by atoms with Gasteiger partial charge in [0.05, 0.1) is 23.7 Å². The molecule has 4 nitrogen and oxygen atoms in total. The van der Waals surface area contributed by atoms with Gasteiger partial charge in [0, 0.05) is 53.1 Å². The van der Waals surface area contributed by atoms with Crippen LogP contribution in [0.3, 0.4) is 0 Å². The van der Waals surface area contributed by atoms with E-state index in [0.717, 1.165) is 40.8 Å². The first-order chi connectivity index (χ1) is 22.4. The second-order valence-corrected chi connectivity index (χ2v) is 16.4. The summed E-state index contributed by atoms with van der Waals surface area (Å²) in [5.41, 5.74) is 3.91. The Kier molecular flexibility index (Phi) is 10.4. The largest absolute Gasteiger partial charge is 0.375 e. The van der Waals surface area contributed by atoms with E-state index in [-0.39, 0.29) is 30.1 Å². The molecule has 1 aromatic heterocycles. The van der Waals surface area contributed by atoms with E-state index in [4.69, 9.17) is 4.74 Å². The third-order valence-corrected chi connectivity index (χ3v) is 13.4. The van der Waals surface area contributed by atoms with Crippen molar-refractivity contribution in [3.63, 3.8) is 0 Å². The smallest absolute Gasteiger partial charge is 0.225 e. The average Bonchev–Trinajstić information content (AvgIpc) is 3.50. The molecule has 2 heterocycles. The molecule has 1 aliphatic rings. The van der Waals surface area contributed by atoms with Crippen LogP contribution in [0.25, 0.3) is 0 Å². The van der Waals surface area contributed by atoms with E-state index in [0.29, 0.717) is 12.0 Å². The van der Waals surface area contributed by atoms with Crippen molar-refractivity contribution in [2.45, 2.75) is 41.6 Å². The van der Waals surface area contributed by atoms with Gasteiger partial charge in [-0.1, -0.05) is 91.0 Å². The SMILES string of the molecule is Fc1cc(F)c(COC[C@@H]2C[C@@H](S(Cc3ccccc3)(Cc3ccccc3)Cc3ccccc3)CN2c2ncc(Br)cn2)cc1F. The van der Waals surface area contributed by atoms with Crippen molar-refractivity contribution in [2.24, 2.45) is 0 Å². The van der Waals surface area contributed by atoms with Crippen molar-refractivity contribution < 1.29 is 17.9 Å². The fraction of sp³-hybridized carbons (Fsp3) is 0.243. The maximum absolute atomic E-state index is 14.4. The number of benzene rings is 4. The van der Waals surface area contributed by atoms with E-state index in [1.807, 2.05) is 0 Å². The van der Waals surface area contributed by atoms with E-state index in [1.54, 1.807) is 12.4 Å². The molecule has 0 spiro atoms. The van der Waals surface area contributed by atoms with Crippen LogP contribution in [-0.4, -0.2) is 34.4 Å². The number of nitrogens with zero attached hydrogens (tertiary/aromatic N) is 3. The minimum Gasteiger partial charge on any atom is -0.375 e. The zero-order chi connectivity index (χ0) is 31.9. The van der Waals surface area contributed by atoms with Crippen LogP contribution in [0.1, 0.15) is 28.7 Å². The van der Waals surface area contributed by atoms with E-state index >= 15 is 0 Å². The predicted octanol–water partition coefficient (Wildman–Crippen LogP) is 9.23. The molecule has 6 rings (SSSR count). The zero-order valence-corrected chi connectivity index (χ0v) is 27.6. The highest BCUT2D eigenvalue weighted by Gasteiger charge is 2.43. The summed E-state index contributed by atoms with van der Waals surface area (Å²) in [5, 5.41) is 0.286. The molecule has 1 saturated heterocycles. The molecule has 1 aliphatic heterocycles. The minimum absolute atomic E-state index is 0.0166. The fourth-order valence-electron chi connectivity index (χ4n) is 6.30. The van der Waals surface area contributed by atoms with Crippen LogP contribution in [0.4, 0.5) is 19.1 Å². The number of anilines is 1. The Hall–Kier alpha value is -3.66. The van der Waals surface area contributed by atoms with Crippen LogP contribution >= 0.6 is 26.0 Å². The summed E-state index contributed by atoms with van der Waals surface area (Å²) < 4.78 is 48.7. The topological polar surface area (TPSA) is 38.2 Å². The summed E-state index contributed by atoms with van der Waals surface area (Å²) in [5.74, 6) is 0.315. The molecule has 0 unspecified atom stereocenters. The van der Waals surface area contributed by atoms with Gasteiger partial charge in [0.15, 0.2) is 11.6 Å². The monoisotopic (exact) mass is 705 g/mol. The molecule has 0 saturated carbocycles. The normalized spacial score (nSPS) is 16.9. The Morgan fingerprint density at radius 3 is 1.74 bits per heavy atom. The van der Waals surface area contributed by atoms with Gasteiger partial charge in [-0.25, -0.2) is 33.2 Å². The Labute approximate surface area is 278 Å². The average molecular weight is 707 g/mol. The van der Waals surface area contributed by atoms with Crippen LogP contribution < -0.4 is 4.90 Å². The summed E-state index contributed by atoms with van der Waals surface area (Å²) in [6, 6.07) is 33.5. The quantitative estimate of drug-likeness (QED) is 0.121. The van der Waals surface area contributed by atoms with Crippen molar-refractivity contribution in [3.05, 3.63) is 160 Å². The maximum Gasteiger partial charge on any atom is 0.225 e. The standard InChI is InChI=1S/C37H35BrF3N3OS/c38-31-19-42-37(43-20-31)44-21-33(17-32(44)23-45-22-30-16-35(40)36(41)18-34(30)39)46(24-27-10-4-1-5-11-27,25-28-12-6-2-7-13-28)26-29-14-8-3-9-15-29/h1-16,18-20,32-33H,17,21-26H2/t32-,33+/m0/s1. The molecule has 1 fully saturated rings. The van der Waals surface area contributed by atoms with Crippen molar-refractivity contribution in [2.75, 3.05) is 18.1 Å². The summed E-state index contributed by atoms with van der Waals surface area (Å²) in [7, 11) is -1.42.